The normalized spacial score (nSPS) is 15.9. The summed E-state index contributed by atoms with van der Waals surface area (Å²) in [4.78, 5) is 0. The first kappa shape index (κ1) is 27.2. The average Bonchev–Trinajstić information content (AvgIpc) is 3.16. The Hall–Kier alpha value is -5.98. The standard InChI is InChI=1S/C48H32/c1-2-7-31(8-3-1)37-17-18-39-30-40(20-19-38(39)29-37)44-26-22-36-23-27-45-43(25-21-35-24-28-46(44)48(36)47(35)45)34-15-13-33(14-16-34)42-12-6-10-32-9-4-5-11-41(32)42/h1-23,25-30,48H,24H2. The summed E-state index contributed by atoms with van der Waals surface area (Å²) in [6, 6.07) is 53.6. The van der Waals surface area contributed by atoms with Crippen LogP contribution in [0, 0.1) is 0 Å². The Bertz CT molecular complexity index is 2550. The van der Waals surface area contributed by atoms with Gasteiger partial charge in [0.1, 0.15) is 0 Å². The Balaban J connectivity index is 1.01. The fraction of sp³-hybridized carbons (Fsp3) is 0.0417. The molecule has 1 unspecified atom stereocenters. The molecule has 3 aliphatic rings. The molecule has 0 saturated heterocycles. The molecule has 0 aliphatic heterocycles. The van der Waals surface area contributed by atoms with E-state index in [0.717, 1.165) is 6.42 Å². The Morgan fingerprint density at radius 1 is 0.458 bits per heavy atom. The van der Waals surface area contributed by atoms with E-state index in [1.807, 2.05) is 0 Å². The Morgan fingerprint density at radius 3 is 2.02 bits per heavy atom. The maximum Gasteiger partial charge on any atom is 0.0352 e. The highest BCUT2D eigenvalue weighted by Gasteiger charge is 2.34. The molecule has 48 heavy (non-hydrogen) atoms. The third kappa shape index (κ3) is 4.30. The van der Waals surface area contributed by atoms with Crippen molar-refractivity contribution in [3.05, 3.63) is 203 Å². The minimum atomic E-state index is 0.264. The van der Waals surface area contributed by atoms with Crippen LogP contribution in [0.15, 0.2) is 181 Å². The van der Waals surface area contributed by atoms with Crippen LogP contribution in [0.3, 0.4) is 0 Å². The molecule has 10 rings (SSSR count). The van der Waals surface area contributed by atoms with Crippen molar-refractivity contribution in [2.45, 2.75) is 12.3 Å². The summed E-state index contributed by atoms with van der Waals surface area (Å²) < 4.78 is 0. The number of rotatable bonds is 4. The van der Waals surface area contributed by atoms with Crippen LogP contribution in [0.1, 0.15) is 28.2 Å². The van der Waals surface area contributed by atoms with Gasteiger partial charge in [0.2, 0.25) is 0 Å². The summed E-state index contributed by atoms with van der Waals surface area (Å²) in [6.45, 7) is 0. The van der Waals surface area contributed by atoms with E-state index in [9.17, 15) is 0 Å². The van der Waals surface area contributed by atoms with Gasteiger partial charge in [-0.15, -0.1) is 0 Å². The lowest BCUT2D eigenvalue weighted by Crippen LogP contribution is -2.19. The number of hydrogen-bond acceptors (Lipinski definition) is 0. The van der Waals surface area contributed by atoms with E-state index in [-0.39, 0.29) is 5.92 Å². The second-order valence-corrected chi connectivity index (χ2v) is 13.2. The van der Waals surface area contributed by atoms with E-state index < -0.39 is 0 Å². The molecule has 3 aliphatic carbocycles. The molecular weight excluding hydrogens is 577 g/mol. The number of benzene rings is 7. The molecule has 0 fully saturated rings. The molecular formula is C48H32. The zero-order valence-corrected chi connectivity index (χ0v) is 26.5. The molecule has 0 heteroatoms. The lowest BCUT2D eigenvalue weighted by molar-refractivity contribution is 0.899. The Morgan fingerprint density at radius 2 is 1.17 bits per heavy atom. The lowest BCUT2D eigenvalue weighted by atomic mass is 9.67. The zero-order valence-electron chi connectivity index (χ0n) is 26.5. The van der Waals surface area contributed by atoms with Gasteiger partial charge in [-0.25, -0.2) is 0 Å². The zero-order chi connectivity index (χ0) is 31.6. The van der Waals surface area contributed by atoms with Crippen molar-refractivity contribution >= 4 is 33.2 Å². The van der Waals surface area contributed by atoms with Crippen LogP contribution in [0.25, 0.3) is 66.6 Å². The second kappa shape index (κ2) is 10.8. The molecule has 0 bridgehead atoms. The van der Waals surface area contributed by atoms with Gasteiger partial charge in [-0.05, 0) is 112 Å². The third-order valence-corrected chi connectivity index (χ3v) is 10.6. The van der Waals surface area contributed by atoms with Gasteiger partial charge in [0.25, 0.3) is 0 Å². The fourth-order valence-electron chi connectivity index (χ4n) is 8.23. The van der Waals surface area contributed by atoms with Crippen LogP contribution < -0.4 is 0 Å². The highest BCUT2D eigenvalue weighted by molar-refractivity contribution is 5.98. The maximum atomic E-state index is 2.48. The van der Waals surface area contributed by atoms with Crippen LogP contribution in [0.5, 0.6) is 0 Å². The van der Waals surface area contributed by atoms with Gasteiger partial charge in [0.05, 0.1) is 0 Å². The minimum Gasteiger partial charge on any atom is -0.0753 e. The summed E-state index contributed by atoms with van der Waals surface area (Å²) in [5.41, 5.74) is 17.4. The second-order valence-electron chi connectivity index (χ2n) is 13.2. The lowest BCUT2D eigenvalue weighted by Gasteiger charge is -2.36. The molecule has 0 spiro atoms. The van der Waals surface area contributed by atoms with Crippen molar-refractivity contribution in [2.24, 2.45) is 0 Å². The average molecular weight is 609 g/mol. The molecule has 0 heterocycles. The van der Waals surface area contributed by atoms with Gasteiger partial charge in [0.15, 0.2) is 0 Å². The highest BCUT2D eigenvalue weighted by Crippen LogP contribution is 2.52. The van der Waals surface area contributed by atoms with E-state index in [2.05, 4.69) is 176 Å². The van der Waals surface area contributed by atoms with Crippen LogP contribution in [0.4, 0.5) is 0 Å². The van der Waals surface area contributed by atoms with Crippen LogP contribution in [-0.4, -0.2) is 0 Å². The van der Waals surface area contributed by atoms with E-state index in [1.54, 1.807) is 0 Å². The smallest absolute Gasteiger partial charge is 0.0352 e. The first-order valence-corrected chi connectivity index (χ1v) is 16.9. The molecule has 0 saturated carbocycles. The number of fused-ring (bicyclic) bond motifs is 2. The summed E-state index contributed by atoms with van der Waals surface area (Å²) >= 11 is 0. The molecule has 0 amide bonds. The van der Waals surface area contributed by atoms with Crippen molar-refractivity contribution in [2.75, 3.05) is 0 Å². The highest BCUT2D eigenvalue weighted by atomic mass is 14.4. The van der Waals surface area contributed by atoms with Crippen molar-refractivity contribution < 1.29 is 0 Å². The summed E-state index contributed by atoms with van der Waals surface area (Å²) in [5.74, 6) is 0.264. The minimum absolute atomic E-state index is 0.264. The molecule has 7 aromatic rings. The van der Waals surface area contributed by atoms with E-state index in [1.165, 1.54) is 93.9 Å². The summed E-state index contributed by atoms with van der Waals surface area (Å²) in [7, 11) is 0. The largest absolute Gasteiger partial charge is 0.0753 e. The van der Waals surface area contributed by atoms with Gasteiger partial charge in [-0.1, -0.05) is 164 Å². The quantitative estimate of drug-likeness (QED) is 0.186. The van der Waals surface area contributed by atoms with Crippen molar-refractivity contribution in [3.63, 3.8) is 0 Å². The fourth-order valence-corrected chi connectivity index (χ4v) is 8.23. The monoisotopic (exact) mass is 608 g/mol. The molecule has 0 aromatic heterocycles. The molecule has 0 nitrogen and oxygen atoms in total. The SMILES string of the molecule is C1=Cc2c(-c3ccc(-c4cccc5ccccc45)cc3)ccc3c2C2C1=CC=C(c1ccc4cc(-c5ccccc5)ccc4c1)C2=CC3. The van der Waals surface area contributed by atoms with Crippen molar-refractivity contribution in [1.82, 2.24) is 0 Å². The Kier molecular flexibility index (Phi) is 6.11. The van der Waals surface area contributed by atoms with E-state index in [4.69, 9.17) is 0 Å². The predicted octanol–water partition coefficient (Wildman–Crippen LogP) is 12.6. The van der Waals surface area contributed by atoms with Gasteiger partial charge in [0, 0.05) is 5.92 Å². The topological polar surface area (TPSA) is 0 Å². The summed E-state index contributed by atoms with van der Waals surface area (Å²) in [5, 5.41) is 5.12. The van der Waals surface area contributed by atoms with Crippen LogP contribution in [0.2, 0.25) is 0 Å². The molecule has 0 radical (unpaired) electrons. The van der Waals surface area contributed by atoms with Gasteiger partial charge in [-0.3, -0.25) is 0 Å². The van der Waals surface area contributed by atoms with Crippen molar-refractivity contribution in [3.8, 4) is 33.4 Å². The molecule has 1 atom stereocenters. The molecule has 0 N–H and O–H groups in total. The van der Waals surface area contributed by atoms with E-state index >= 15 is 0 Å². The van der Waals surface area contributed by atoms with Crippen LogP contribution >= 0.6 is 0 Å². The predicted molar refractivity (Wildman–Crippen MR) is 204 cm³/mol. The number of allylic oxidation sites excluding steroid dienone is 7. The number of hydrogen-bond donors (Lipinski definition) is 0. The van der Waals surface area contributed by atoms with Gasteiger partial charge < -0.3 is 0 Å². The summed E-state index contributed by atoms with van der Waals surface area (Å²) in [6.07, 6.45) is 12.8. The first-order valence-electron chi connectivity index (χ1n) is 16.9. The first-order chi connectivity index (χ1) is 23.8. The van der Waals surface area contributed by atoms with E-state index in [0.29, 0.717) is 0 Å². The van der Waals surface area contributed by atoms with Crippen LogP contribution in [-0.2, 0) is 6.42 Å². The van der Waals surface area contributed by atoms with Gasteiger partial charge in [-0.2, -0.15) is 0 Å². The van der Waals surface area contributed by atoms with Gasteiger partial charge >= 0.3 is 0 Å². The van der Waals surface area contributed by atoms with Crippen molar-refractivity contribution in [1.29, 1.82) is 0 Å². The third-order valence-electron chi connectivity index (χ3n) is 10.6. The maximum absolute atomic E-state index is 2.48. The molecule has 7 aromatic carbocycles. The molecule has 224 valence electrons. The Labute approximate surface area is 281 Å².